The molecule has 0 aliphatic carbocycles. The molecule has 2 aromatic rings. The molecular weight excluding hydrogens is 312 g/mol. The number of carbonyl (C=O) groups excluding carboxylic acids is 1. The molecule has 0 radical (unpaired) electrons. The van der Waals surface area contributed by atoms with Crippen molar-refractivity contribution >= 4 is 29.3 Å². The number of hydrogen-bond acceptors (Lipinski definition) is 2. The number of ether oxygens (including phenoxy) is 1. The Morgan fingerprint density at radius 2 is 2.00 bits per heavy atom. The van der Waals surface area contributed by atoms with E-state index in [2.05, 4.69) is 5.32 Å². The zero-order chi connectivity index (χ0) is 16.1. The lowest BCUT2D eigenvalue weighted by Crippen LogP contribution is -2.09. The zero-order valence-corrected chi connectivity index (χ0v) is 12.3. The van der Waals surface area contributed by atoms with Crippen LogP contribution in [0.25, 0.3) is 6.08 Å². The number of nitrogens with one attached hydrogen (secondary N) is 1. The molecule has 0 heterocycles. The molecule has 0 spiro atoms. The molecule has 0 fully saturated rings. The van der Waals surface area contributed by atoms with Crippen molar-refractivity contribution in [2.75, 3.05) is 12.4 Å². The highest BCUT2D eigenvalue weighted by molar-refractivity contribution is 6.30. The number of rotatable bonds is 4. The second-order valence-electron chi connectivity index (χ2n) is 4.33. The van der Waals surface area contributed by atoms with Gasteiger partial charge in [-0.25, -0.2) is 8.78 Å². The number of amides is 1. The molecule has 0 aliphatic heterocycles. The predicted octanol–water partition coefficient (Wildman–Crippen LogP) is 4.28. The minimum absolute atomic E-state index is 0.103. The summed E-state index contributed by atoms with van der Waals surface area (Å²) in [5.74, 6) is -1.58. The summed E-state index contributed by atoms with van der Waals surface area (Å²) in [5, 5.41) is 2.81. The molecule has 0 aromatic heterocycles. The van der Waals surface area contributed by atoms with E-state index in [1.54, 1.807) is 18.2 Å². The van der Waals surface area contributed by atoms with Crippen molar-refractivity contribution < 1.29 is 18.3 Å². The van der Waals surface area contributed by atoms with Crippen LogP contribution in [-0.2, 0) is 4.79 Å². The fourth-order valence-corrected chi connectivity index (χ4v) is 1.95. The molecule has 0 bridgehead atoms. The van der Waals surface area contributed by atoms with Crippen molar-refractivity contribution in [3.8, 4) is 5.75 Å². The third-order valence-electron chi connectivity index (χ3n) is 2.80. The lowest BCUT2D eigenvalue weighted by molar-refractivity contribution is -0.111. The third kappa shape index (κ3) is 4.05. The van der Waals surface area contributed by atoms with Crippen LogP contribution >= 0.6 is 11.6 Å². The van der Waals surface area contributed by atoms with Gasteiger partial charge in [-0.15, -0.1) is 0 Å². The summed E-state index contributed by atoms with van der Waals surface area (Å²) in [6, 6.07) is 7.85. The summed E-state index contributed by atoms with van der Waals surface area (Å²) in [6.07, 6.45) is 2.69. The van der Waals surface area contributed by atoms with Gasteiger partial charge in [-0.2, -0.15) is 0 Å². The number of hydrogen-bond donors (Lipinski definition) is 1. The first-order chi connectivity index (χ1) is 10.5. The minimum Gasteiger partial charge on any atom is -0.496 e. The average molecular weight is 324 g/mol. The highest BCUT2D eigenvalue weighted by Gasteiger charge is 2.06. The molecular formula is C16H12ClF2NO2. The SMILES string of the molecule is COc1ccc(Cl)cc1/C=C/C(=O)Nc1ccc(F)cc1F. The molecule has 0 aliphatic rings. The van der Waals surface area contributed by atoms with E-state index in [4.69, 9.17) is 16.3 Å². The largest absolute Gasteiger partial charge is 0.496 e. The van der Waals surface area contributed by atoms with E-state index in [0.29, 0.717) is 22.4 Å². The van der Waals surface area contributed by atoms with Crippen LogP contribution < -0.4 is 10.1 Å². The molecule has 6 heteroatoms. The number of benzene rings is 2. The minimum atomic E-state index is -0.845. The van der Waals surface area contributed by atoms with Gasteiger partial charge >= 0.3 is 0 Å². The maximum atomic E-state index is 13.4. The van der Waals surface area contributed by atoms with Gasteiger partial charge in [-0.1, -0.05) is 11.6 Å². The van der Waals surface area contributed by atoms with Crippen LogP contribution in [0.2, 0.25) is 5.02 Å². The topological polar surface area (TPSA) is 38.3 Å². The highest BCUT2D eigenvalue weighted by atomic mass is 35.5. The Morgan fingerprint density at radius 1 is 1.23 bits per heavy atom. The zero-order valence-electron chi connectivity index (χ0n) is 11.6. The smallest absolute Gasteiger partial charge is 0.248 e. The van der Waals surface area contributed by atoms with Crippen LogP contribution in [0.4, 0.5) is 14.5 Å². The molecule has 2 aromatic carbocycles. The van der Waals surface area contributed by atoms with Crippen LogP contribution in [0.5, 0.6) is 5.75 Å². The fraction of sp³-hybridized carbons (Fsp3) is 0.0625. The first-order valence-corrected chi connectivity index (χ1v) is 6.65. The molecule has 0 saturated carbocycles. The number of methoxy groups -OCH3 is 1. The summed E-state index contributed by atoms with van der Waals surface area (Å²) in [4.78, 5) is 11.8. The monoisotopic (exact) mass is 323 g/mol. The number of halogens is 3. The van der Waals surface area contributed by atoms with Crippen LogP contribution in [0.3, 0.4) is 0 Å². The third-order valence-corrected chi connectivity index (χ3v) is 3.03. The molecule has 2 rings (SSSR count). The summed E-state index contributed by atoms with van der Waals surface area (Å²) < 4.78 is 31.4. The Morgan fingerprint density at radius 3 is 2.68 bits per heavy atom. The van der Waals surface area contributed by atoms with Gasteiger partial charge in [0.2, 0.25) is 5.91 Å². The molecule has 0 unspecified atom stereocenters. The van der Waals surface area contributed by atoms with E-state index in [1.165, 1.54) is 19.3 Å². The van der Waals surface area contributed by atoms with Gasteiger partial charge in [0.15, 0.2) is 0 Å². The Balaban J connectivity index is 2.13. The predicted molar refractivity (Wildman–Crippen MR) is 82.0 cm³/mol. The van der Waals surface area contributed by atoms with Gasteiger partial charge in [0.25, 0.3) is 0 Å². The average Bonchev–Trinajstić information content (AvgIpc) is 2.48. The van der Waals surface area contributed by atoms with Gasteiger partial charge in [-0.05, 0) is 36.4 Å². The maximum absolute atomic E-state index is 13.4. The molecule has 0 saturated heterocycles. The molecule has 22 heavy (non-hydrogen) atoms. The first kappa shape index (κ1) is 16.0. The van der Waals surface area contributed by atoms with Crippen LogP contribution in [0.1, 0.15) is 5.56 Å². The first-order valence-electron chi connectivity index (χ1n) is 6.27. The fourth-order valence-electron chi connectivity index (χ4n) is 1.77. The van der Waals surface area contributed by atoms with Crippen molar-refractivity contribution in [2.45, 2.75) is 0 Å². The van der Waals surface area contributed by atoms with Crippen LogP contribution in [0.15, 0.2) is 42.5 Å². The van der Waals surface area contributed by atoms with Gasteiger partial charge in [0.05, 0.1) is 12.8 Å². The van der Waals surface area contributed by atoms with Crippen molar-refractivity contribution in [1.82, 2.24) is 0 Å². The van der Waals surface area contributed by atoms with E-state index < -0.39 is 17.5 Å². The lowest BCUT2D eigenvalue weighted by atomic mass is 10.2. The van der Waals surface area contributed by atoms with Crippen LogP contribution in [0, 0.1) is 11.6 Å². The number of carbonyl (C=O) groups is 1. The van der Waals surface area contributed by atoms with Crippen molar-refractivity contribution in [2.24, 2.45) is 0 Å². The Bertz CT molecular complexity index is 732. The maximum Gasteiger partial charge on any atom is 0.248 e. The summed E-state index contributed by atoms with van der Waals surface area (Å²) >= 11 is 5.88. The molecule has 1 N–H and O–H groups in total. The van der Waals surface area contributed by atoms with Crippen LogP contribution in [-0.4, -0.2) is 13.0 Å². The second kappa shape index (κ2) is 7.04. The van der Waals surface area contributed by atoms with Gasteiger partial charge in [-0.3, -0.25) is 4.79 Å². The Kier molecular flexibility index (Phi) is 5.12. The van der Waals surface area contributed by atoms with E-state index in [9.17, 15) is 13.6 Å². The molecule has 3 nitrogen and oxygen atoms in total. The standard InChI is InChI=1S/C16H12ClF2NO2/c1-22-15-6-3-11(17)8-10(15)2-7-16(21)20-14-5-4-12(18)9-13(14)19/h2-9H,1H3,(H,20,21)/b7-2+. The van der Waals surface area contributed by atoms with Crippen molar-refractivity contribution in [1.29, 1.82) is 0 Å². The highest BCUT2D eigenvalue weighted by Crippen LogP contribution is 2.24. The quantitative estimate of drug-likeness (QED) is 0.853. The normalized spacial score (nSPS) is 10.7. The van der Waals surface area contributed by atoms with E-state index in [0.717, 1.165) is 12.1 Å². The second-order valence-corrected chi connectivity index (χ2v) is 4.77. The van der Waals surface area contributed by atoms with Crippen molar-refractivity contribution in [3.63, 3.8) is 0 Å². The van der Waals surface area contributed by atoms with Crippen molar-refractivity contribution in [3.05, 3.63) is 64.7 Å². The lowest BCUT2D eigenvalue weighted by Gasteiger charge is -2.05. The summed E-state index contributed by atoms with van der Waals surface area (Å²) in [6.45, 7) is 0. The Labute approximate surface area is 131 Å². The molecule has 114 valence electrons. The van der Waals surface area contributed by atoms with E-state index in [-0.39, 0.29) is 5.69 Å². The van der Waals surface area contributed by atoms with E-state index >= 15 is 0 Å². The van der Waals surface area contributed by atoms with Gasteiger partial charge < -0.3 is 10.1 Å². The molecule has 0 atom stereocenters. The van der Waals surface area contributed by atoms with E-state index in [1.807, 2.05) is 0 Å². The number of anilines is 1. The summed E-state index contributed by atoms with van der Waals surface area (Å²) in [7, 11) is 1.49. The summed E-state index contributed by atoms with van der Waals surface area (Å²) in [5.41, 5.74) is 0.499. The molecule has 1 amide bonds. The van der Waals surface area contributed by atoms with Gasteiger partial charge in [0, 0.05) is 22.7 Å². The van der Waals surface area contributed by atoms with Gasteiger partial charge in [0.1, 0.15) is 17.4 Å². The Hall–Kier alpha value is -2.40.